The molecule has 1 aromatic heterocycles. The number of rotatable bonds is 3. The molecular weight excluding hydrogens is 250 g/mol. The lowest BCUT2D eigenvalue weighted by Crippen LogP contribution is -2.40. The van der Waals surface area contributed by atoms with E-state index in [0.29, 0.717) is 11.6 Å². The van der Waals surface area contributed by atoms with Crippen LogP contribution in [0, 0.1) is 5.92 Å². The molecule has 1 aliphatic heterocycles. The van der Waals surface area contributed by atoms with E-state index in [4.69, 9.17) is 11.6 Å². The maximum Gasteiger partial charge on any atom is 0.223 e. The van der Waals surface area contributed by atoms with Crippen molar-refractivity contribution >= 4 is 23.2 Å². The van der Waals surface area contributed by atoms with Gasteiger partial charge < -0.3 is 10.2 Å². The molecule has 0 saturated carbocycles. The van der Waals surface area contributed by atoms with Gasteiger partial charge in [0.2, 0.25) is 5.91 Å². The van der Waals surface area contributed by atoms with Crippen LogP contribution in [0.15, 0.2) is 18.5 Å². The van der Waals surface area contributed by atoms with Crippen LogP contribution in [-0.4, -0.2) is 30.5 Å². The van der Waals surface area contributed by atoms with Gasteiger partial charge >= 0.3 is 0 Å². The van der Waals surface area contributed by atoms with Gasteiger partial charge in [-0.25, -0.2) is 0 Å². The van der Waals surface area contributed by atoms with Gasteiger partial charge in [-0.3, -0.25) is 9.78 Å². The second-order valence-electron chi connectivity index (χ2n) is 4.48. The van der Waals surface area contributed by atoms with Crippen molar-refractivity contribution in [1.82, 2.24) is 10.3 Å². The Kier molecular flexibility index (Phi) is 4.42. The summed E-state index contributed by atoms with van der Waals surface area (Å²) in [5.41, 5.74) is 1.01. The summed E-state index contributed by atoms with van der Waals surface area (Å²) in [5.74, 6) is 0.319. The van der Waals surface area contributed by atoms with Crippen molar-refractivity contribution in [3.05, 3.63) is 23.5 Å². The van der Waals surface area contributed by atoms with Crippen LogP contribution in [0.2, 0.25) is 5.02 Å². The highest BCUT2D eigenvalue weighted by atomic mass is 35.5. The SMILES string of the molecule is CCNC(=O)C1CCN(c2ccncc2Cl)CC1. The van der Waals surface area contributed by atoms with E-state index < -0.39 is 0 Å². The fourth-order valence-corrected chi connectivity index (χ4v) is 2.56. The number of carbonyl (C=O) groups excluding carboxylic acids is 1. The van der Waals surface area contributed by atoms with Crippen molar-refractivity contribution in [2.24, 2.45) is 5.92 Å². The Hall–Kier alpha value is -1.29. The van der Waals surface area contributed by atoms with Gasteiger partial charge in [-0.2, -0.15) is 0 Å². The maximum absolute atomic E-state index is 11.7. The first-order chi connectivity index (χ1) is 8.72. The summed E-state index contributed by atoms with van der Waals surface area (Å²) in [6.45, 7) is 4.38. The second kappa shape index (κ2) is 6.05. The molecule has 1 amide bonds. The summed E-state index contributed by atoms with van der Waals surface area (Å²) in [7, 11) is 0. The number of halogens is 1. The number of anilines is 1. The average Bonchev–Trinajstić information content (AvgIpc) is 2.40. The summed E-state index contributed by atoms with van der Waals surface area (Å²) >= 11 is 6.12. The minimum absolute atomic E-state index is 0.141. The van der Waals surface area contributed by atoms with Crippen molar-refractivity contribution in [3.8, 4) is 0 Å². The Morgan fingerprint density at radius 3 is 2.89 bits per heavy atom. The largest absolute Gasteiger partial charge is 0.370 e. The zero-order chi connectivity index (χ0) is 13.0. The third kappa shape index (κ3) is 2.93. The van der Waals surface area contributed by atoms with Crippen molar-refractivity contribution in [3.63, 3.8) is 0 Å². The number of hydrogen-bond acceptors (Lipinski definition) is 3. The fraction of sp³-hybridized carbons (Fsp3) is 0.538. The van der Waals surface area contributed by atoms with Gasteiger partial charge in [0, 0.05) is 37.9 Å². The monoisotopic (exact) mass is 267 g/mol. The van der Waals surface area contributed by atoms with Crippen LogP contribution in [0.25, 0.3) is 0 Å². The number of aromatic nitrogens is 1. The third-order valence-electron chi connectivity index (χ3n) is 3.31. The molecule has 1 aliphatic rings. The standard InChI is InChI=1S/C13H18ClN3O/c1-2-16-13(18)10-4-7-17(8-5-10)12-3-6-15-9-11(12)14/h3,6,9-10H,2,4-5,7-8H2,1H3,(H,16,18). The quantitative estimate of drug-likeness (QED) is 0.912. The first kappa shape index (κ1) is 13.1. The molecule has 0 atom stereocenters. The van der Waals surface area contributed by atoms with Gasteiger partial charge in [-0.15, -0.1) is 0 Å². The average molecular weight is 268 g/mol. The van der Waals surface area contributed by atoms with E-state index >= 15 is 0 Å². The zero-order valence-electron chi connectivity index (χ0n) is 10.5. The van der Waals surface area contributed by atoms with E-state index in [0.717, 1.165) is 31.6 Å². The Morgan fingerprint density at radius 2 is 2.28 bits per heavy atom. The number of amides is 1. The van der Waals surface area contributed by atoms with E-state index in [-0.39, 0.29) is 11.8 Å². The molecule has 1 aromatic rings. The normalized spacial score (nSPS) is 16.7. The molecule has 2 rings (SSSR count). The molecule has 2 heterocycles. The molecule has 5 heteroatoms. The first-order valence-electron chi connectivity index (χ1n) is 6.34. The molecule has 98 valence electrons. The smallest absolute Gasteiger partial charge is 0.223 e. The molecule has 1 saturated heterocycles. The summed E-state index contributed by atoms with van der Waals surface area (Å²) in [6.07, 6.45) is 5.17. The molecule has 0 bridgehead atoms. The van der Waals surface area contributed by atoms with Crippen molar-refractivity contribution in [1.29, 1.82) is 0 Å². The summed E-state index contributed by atoms with van der Waals surface area (Å²) in [4.78, 5) is 17.9. The van der Waals surface area contributed by atoms with Gasteiger partial charge in [-0.05, 0) is 25.8 Å². The molecule has 0 radical (unpaired) electrons. The Balaban J connectivity index is 1.95. The zero-order valence-corrected chi connectivity index (χ0v) is 11.3. The molecule has 0 unspecified atom stereocenters. The molecule has 1 fully saturated rings. The van der Waals surface area contributed by atoms with Crippen LogP contribution >= 0.6 is 11.6 Å². The molecular formula is C13H18ClN3O. The van der Waals surface area contributed by atoms with Gasteiger partial charge in [0.05, 0.1) is 10.7 Å². The second-order valence-corrected chi connectivity index (χ2v) is 4.89. The summed E-state index contributed by atoms with van der Waals surface area (Å²) in [5, 5.41) is 3.56. The highest BCUT2D eigenvalue weighted by Crippen LogP contribution is 2.28. The number of piperidine rings is 1. The van der Waals surface area contributed by atoms with E-state index in [1.165, 1.54) is 0 Å². The molecule has 0 spiro atoms. The van der Waals surface area contributed by atoms with E-state index in [1.54, 1.807) is 12.4 Å². The number of nitrogens with one attached hydrogen (secondary N) is 1. The molecule has 1 N–H and O–H groups in total. The van der Waals surface area contributed by atoms with Crippen LogP contribution in [-0.2, 0) is 4.79 Å². The Bertz CT molecular complexity index is 416. The highest BCUT2D eigenvalue weighted by Gasteiger charge is 2.25. The first-order valence-corrected chi connectivity index (χ1v) is 6.72. The van der Waals surface area contributed by atoms with E-state index in [1.807, 2.05) is 13.0 Å². The minimum Gasteiger partial charge on any atom is -0.370 e. The number of nitrogens with zero attached hydrogens (tertiary/aromatic N) is 2. The fourth-order valence-electron chi connectivity index (χ4n) is 2.33. The lowest BCUT2D eigenvalue weighted by atomic mass is 9.95. The lowest BCUT2D eigenvalue weighted by molar-refractivity contribution is -0.125. The number of pyridine rings is 1. The van der Waals surface area contributed by atoms with E-state index in [2.05, 4.69) is 15.2 Å². The van der Waals surface area contributed by atoms with Crippen LogP contribution in [0.3, 0.4) is 0 Å². The van der Waals surface area contributed by atoms with E-state index in [9.17, 15) is 4.79 Å². The molecule has 18 heavy (non-hydrogen) atoms. The molecule has 4 nitrogen and oxygen atoms in total. The summed E-state index contributed by atoms with van der Waals surface area (Å²) in [6, 6.07) is 1.93. The third-order valence-corrected chi connectivity index (χ3v) is 3.60. The number of carbonyl (C=O) groups is 1. The molecule has 0 aromatic carbocycles. The van der Waals surface area contributed by atoms with Crippen molar-refractivity contribution in [2.75, 3.05) is 24.5 Å². The van der Waals surface area contributed by atoms with Crippen molar-refractivity contribution < 1.29 is 4.79 Å². The van der Waals surface area contributed by atoms with Crippen LogP contribution < -0.4 is 10.2 Å². The van der Waals surface area contributed by atoms with Crippen molar-refractivity contribution in [2.45, 2.75) is 19.8 Å². The van der Waals surface area contributed by atoms with Crippen LogP contribution in [0.4, 0.5) is 5.69 Å². The molecule has 0 aliphatic carbocycles. The lowest BCUT2D eigenvalue weighted by Gasteiger charge is -2.33. The van der Waals surface area contributed by atoms with Crippen LogP contribution in [0.5, 0.6) is 0 Å². The topological polar surface area (TPSA) is 45.2 Å². The van der Waals surface area contributed by atoms with Crippen LogP contribution in [0.1, 0.15) is 19.8 Å². The number of hydrogen-bond donors (Lipinski definition) is 1. The van der Waals surface area contributed by atoms with Gasteiger partial charge in [0.15, 0.2) is 0 Å². The minimum atomic E-state index is 0.141. The Labute approximate surface area is 112 Å². The van der Waals surface area contributed by atoms with Gasteiger partial charge in [-0.1, -0.05) is 11.6 Å². The van der Waals surface area contributed by atoms with Gasteiger partial charge in [0.1, 0.15) is 0 Å². The predicted molar refractivity (Wildman–Crippen MR) is 72.9 cm³/mol. The highest BCUT2D eigenvalue weighted by molar-refractivity contribution is 6.33. The predicted octanol–water partition coefficient (Wildman–Crippen LogP) is 2.09. The Morgan fingerprint density at radius 1 is 1.56 bits per heavy atom. The van der Waals surface area contributed by atoms with Gasteiger partial charge in [0.25, 0.3) is 0 Å². The maximum atomic E-state index is 11.7. The summed E-state index contributed by atoms with van der Waals surface area (Å²) < 4.78 is 0.